The van der Waals surface area contributed by atoms with E-state index in [1.807, 2.05) is 0 Å². The summed E-state index contributed by atoms with van der Waals surface area (Å²) in [6.07, 6.45) is 4.38. The second-order valence-electron chi connectivity index (χ2n) is 5.38. The fourth-order valence-electron chi connectivity index (χ4n) is 2.54. The minimum absolute atomic E-state index is 0.0782. The minimum atomic E-state index is -0.975. The van der Waals surface area contributed by atoms with Crippen molar-refractivity contribution in [2.45, 2.75) is 31.8 Å². The first-order valence-corrected chi connectivity index (χ1v) is 7.74. The molecule has 6 nitrogen and oxygen atoms in total. The molecule has 1 aliphatic carbocycles. The second-order valence-corrected chi connectivity index (χ2v) is 6.24. The number of pyridine rings is 1. The second kappa shape index (κ2) is 6.98. The molecule has 0 aromatic carbocycles. The topological polar surface area (TPSA) is 80.6 Å². The number of carbonyl (C=O) groups is 1. The molecule has 7 heteroatoms. The van der Waals surface area contributed by atoms with Gasteiger partial charge in [-0.15, -0.1) is 0 Å². The monoisotopic (exact) mass is 358 g/mol. The largest absolute Gasteiger partial charge is 0.489 e. The highest BCUT2D eigenvalue weighted by molar-refractivity contribution is 9.10. The van der Waals surface area contributed by atoms with E-state index in [1.54, 1.807) is 13.2 Å². The van der Waals surface area contributed by atoms with E-state index < -0.39 is 6.09 Å². The van der Waals surface area contributed by atoms with Crippen LogP contribution in [0.15, 0.2) is 21.5 Å². The maximum Gasteiger partial charge on any atom is 0.404 e. The van der Waals surface area contributed by atoms with E-state index >= 15 is 0 Å². The van der Waals surface area contributed by atoms with Gasteiger partial charge < -0.3 is 19.7 Å². The van der Waals surface area contributed by atoms with Gasteiger partial charge in [-0.2, -0.15) is 0 Å². The van der Waals surface area contributed by atoms with Crippen molar-refractivity contribution in [3.8, 4) is 5.75 Å². The zero-order chi connectivity index (χ0) is 15.4. The number of amides is 1. The first-order chi connectivity index (χ1) is 9.95. The number of hydrogen-bond donors (Lipinski definition) is 2. The third-order valence-electron chi connectivity index (χ3n) is 3.77. The molecule has 0 atom stereocenters. The number of rotatable bonds is 4. The lowest BCUT2D eigenvalue weighted by Crippen LogP contribution is -2.32. The average Bonchev–Trinajstić information content (AvgIpc) is 2.44. The highest BCUT2D eigenvalue weighted by Crippen LogP contribution is 2.30. The van der Waals surface area contributed by atoms with E-state index in [0.717, 1.165) is 30.2 Å². The highest BCUT2D eigenvalue weighted by atomic mass is 79.9. The number of aryl methyl sites for hydroxylation is 1. The number of aromatic nitrogens is 1. The molecule has 1 aliphatic rings. The Hall–Kier alpha value is -1.50. The number of nitrogens with zero attached hydrogens (tertiary/aromatic N) is 1. The van der Waals surface area contributed by atoms with Crippen LogP contribution in [-0.4, -0.2) is 28.4 Å². The van der Waals surface area contributed by atoms with Gasteiger partial charge >= 0.3 is 6.09 Å². The van der Waals surface area contributed by atoms with Crippen LogP contribution < -0.4 is 15.6 Å². The van der Waals surface area contributed by atoms with Crippen molar-refractivity contribution in [3.05, 3.63) is 27.1 Å². The summed E-state index contributed by atoms with van der Waals surface area (Å²) in [7, 11) is 1.69. The van der Waals surface area contributed by atoms with E-state index in [2.05, 4.69) is 21.2 Å². The van der Waals surface area contributed by atoms with Crippen molar-refractivity contribution < 1.29 is 14.6 Å². The van der Waals surface area contributed by atoms with E-state index in [0.29, 0.717) is 18.2 Å². The quantitative estimate of drug-likeness (QED) is 0.865. The molecule has 116 valence electrons. The van der Waals surface area contributed by atoms with E-state index in [1.165, 1.54) is 10.6 Å². The molecular formula is C14H19BrN2O4. The van der Waals surface area contributed by atoms with Crippen LogP contribution in [-0.2, 0) is 7.05 Å². The molecule has 0 aliphatic heterocycles. The van der Waals surface area contributed by atoms with Gasteiger partial charge in [0.2, 0.25) is 0 Å². The molecule has 1 amide bonds. The molecule has 2 rings (SSSR count). The Kier molecular flexibility index (Phi) is 5.27. The Morgan fingerprint density at radius 2 is 2.14 bits per heavy atom. The van der Waals surface area contributed by atoms with Crippen LogP contribution in [0.5, 0.6) is 5.75 Å². The third-order valence-corrected chi connectivity index (χ3v) is 4.37. The molecule has 0 bridgehead atoms. The van der Waals surface area contributed by atoms with Crippen molar-refractivity contribution in [1.29, 1.82) is 0 Å². The van der Waals surface area contributed by atoms with Crippen molar-refractivity contribution in [2.75, 3.05) is 6.54 Å². The summed E-state index contributed by atoms with van der Waals surface area (Å²) in [6.45, 7) is 0.498. The molecule has 0 spiro atoms. The van der Waals surface area contributed by atoms with Crippen molar-refractivity contribution in [3.63, 3.8) is 0 Å². The minimum Gasteiger partial charge on any atom is -0.489 e. The summed E-state index contributed by atoms with van der Waals surface area (Å²) in [5.74, 6) is 0.943. The molecule has 2 N–H and O–H groups in total. The van der Waals surface area contributed by atoms with Crippen molar-refractivity contribution >= 4 is 22.0 Å². The van der Waals surface area contributed by atoms with Gasteiger partial charge in [-0.1, -0.05) is 0 Å². The molecule has 1 aromatic rings. The van der Waals surface area contributed by atoms with Crippen LogP contribution in [0.25, 0.3) is 0 Å². The molecule has 1 fully saturated rings. The molecule has 1 heterocycles. The normalized spacial score (nSPS) is 21.8. The van der Waals surface area contributed by atoms with Gasteiger partial charge in [0.1, 0.15) is 5.75 Å². The zero-order valence-corrected chi connectivity index (χ0v) is 13.4. The molecule has 0 unspecified atom stereocenters. The average molecular weight is 359 g/mol. The Morgan fingerprint density at radius 3 is 2.76 bits per heavy atom. The lowest BCUT2D eigenvalue weighted by Gasteiger charge is -2.29. The van der Waals surface area contributed by atoms with Crippen LogP contribution in [0.2, 0.25) is 0 Å². The van der Waals surface area contributed by atoms with Crippen LogP contribution in [0.1, 0.15) is 25.7 Å². The van der Waals surface area contributed by atoms with Crippen LogP contribution in [0.4, 0.5) is 4.79 Å². The van der Waals surface area contributed by atoms with Crippen LogP contribution in [0, 0.1) is 5.92 Å². The Morgan fingerprint density at radius 1 is 1.48 bits per heavy atom. The van der Waals surface area contributed by atoms with E-state index in [4.69, 9.17) is 9.84 Å². The fraction of sp³-hybridized carbons (Fsp3) is 0.571. The Labute approximate surface area is 131 Å². The van der Waals surface area contributed by atoms with Crippen molar-refractivity contribution in [1.82, 2.24) is 9.88 Å². The smallest absolute Gasteiger partial charge is 0.404 e. The standard InChI is InChI=1S/C14H19BrN2O4/c1-17-8-11(15)12(6-13(17)18)21-10-4-2-9(3-5-10)7-16-14(19)20/h6,8-10,16H,2-5,7H2,1H3,(H,19,20). The molecule has 21 heavy (non-hydrogen) atoms. The van der Waals surface area contributed by atoms with Gasteiger partial charge in [-0.05, 0) is 47.5 Å². The first kappa shape index (κ1) is 15.9. The van der Waals surface area contributed by atoms with Gasteiger partial charge in [0, 0.05) is 25.9 Å². The van der Waals surface area contributed by atoms with Gasteiger partial charge in [0.25, 0.3) is 5.56 Å². The highest BCUT2D eigenvalue weighted by Gasteiger charge is 2.23. The van der Waals surface area contributed by atoms with Crippen LogP contribution >= 0.6 is 15.9 Å². The van der Waals surface area contributed by atoms with Gasteiger partial charge in [-0.25, -0.2) is 4.79 Å². The maximum absolute atomic E-state index is 11.6. The first-order valence-electron chi connectivity index (χ1n) is 6.95. The molecule has 1 aromatic heterocycles. The lowest BCUT2D eigenvalue weighted by atomic mass is 9.87. The molecule has 0 saturated heterocycles. The Bertz CT molecular complexity index is 565. The third kappa shape index (κ3) is 4.49. The summed E-state index contributed by atoms with van der Waals surface area (Å²) < 4.78 is 8.15. The predicted molar refractivity (Wildman–Crippen MR) is 81.8 cm³/mol. The summed E-state index contributed by atoms with van der Waals surface area (Å²) in [4.78, 5) is 22.1. The summed E-state index contributed by atoms with van der Waals surface area (Å²) >= 11 is 3.40. The van der Waals surface area contributed by atoms with E-state index in [9.17, 15) is 9.59 Å². The van der Waals surface area contributed by atoms with E-state index in [-0.39, 0.29) is 11.7 Å². The predicted octanol–water partition coefficient (Wildman–Crippen LogP) is 2.35. The number of nitrogens with one attached hydrogen (secondary N) is 1. The summed E-state index contributed by atoms with van der Waals surface area (Å²) in [5, 5.41) is 11.0. The number of ether oxygens (including phenoxy) is 1. The Balaban J connectivity index is 1.88. The SMILES string of the molecule is Cn1cc(Br)c(OC2CCC(CNC(=O)O)CC2)cc1=O. The summed E-state index contributed by atoms with van der Waals surface area (Å²) in [5.41, 5.74) is -0.104. The number of halogens is 1. The van der Waals surface area contributed by atoms with Gasteiger partial charge in [0.15, 0.2) is 0 Å². The van der Waals surface area contributed by atoms with Gasteiger partial charge in [-0.3, -0.25) is 4.79 Å². The number of hydrogen-bond acceptors (Lipinski definition) is 3. The molecule has 1 saturated carbocycles. The van der Waals surface area contributed by atoms with Crippen molar-refractivity contribution in [2.24, 2.45) is 13.0 Å². The van der Waals surface area contributed by atoms with Gasteiger partial charge in [0.05, 0.1) is 10.6 Å². The maximum atomic E-state index is 11.6. The fourth-order valence-corrected chi connectivity index (χ4v) is 3.05. The molecular weight excluding hydrogens is 340 g/mol. The van der Waals surface area contributed by atoms with Crippen LogP contribution in [0.3, 0.4) is 0 Å². The number of carboxylic acid groups (broad SMARTS) is 1. The summed E-state index contributed by atoms with van der Waals surface area (Å²) in [6, 6.07) is 1.49. The molecule has 0 radical (unpaired) electrons. The lowest BCUT2D eigenvalue weighted by molar-refractivity contribution is 0.128. The zero-order valence-electron chi connectivity index (χ0n) is 11.8.